The standard InChI is InChI=1S/C13H28N2O2/c1-5-9-15(4)11-13(16)14-8-6-7-10-17-12(2)3/h12H,5-11H2,1-4H3,(H,14,16). The maximum absolute atomic E-state index is 11.5. The molecule has 0 aliphatic rings. The molecule has 0 aromatic rings. The van der Waals surface area contributed by atoms with Crippen LogP contribution in [0.2, 0.25) is 0 Å². The van der Waals surface area contributed by atoms with E-state index >= 15 is 0 Å². The number of nitrogens with zero attached hydrogens (tertiary/aromatic N) is 1. The second-order valence-electron chi connectivity index (χ2n) is 4.71. The van der Waals surface area contributed by atoms with Gasteiger partial charge in [-0.2, -0.15) is 0 Å². The summed E-state index contributed by atoms with van der Waals surface area (Å²) in [6.07, 6.45) is 3.36. The van der Waals surface area contributed by atoms with Gasteiger partial charge in [0.15, 0.2) is 0 Å². The summed E-state index contributed by atoms with van der Waals surface area (Å²) in [7, 11) is 1.97. The minimum Gasteiger partial charge on any atom is -0.379 e. The van der Waals surface area contributed by atoms with Crippen LogP contribution in [0, 0.1) is 0 Å². The maximum atomic E-state index is 11.5. The molecule has 0 heterocycles. The second-order valence-corrected chi connectivity index (χ2v) is 4.71. The van der Waals surface area contributed by atoms with Gasteiger partial charge in [-0.1, -0.05) is 6.92 Å². The van der Waals surface area contributed by atoms with Gasteiger partial charge in [0.2, 0.25) is 5.91 Å². The van der Waals surface area contributed by atoms with Crippen molar-refractivity contribution in [2.75, 3.05) is 33.3 Å². The fourth-order valence-electron chi connectivity index (χ4n) is 1.54. The molecule has 0 aliphatic carbocycles. The first-order valence-corrected chi connectivity index (χ1v) is 6.63. The van der Waals surface area contributed by atoms with Crippen LogP contribution in [0.5, 0.6) is 0 Å². The Morgan fingerprint density at radius 2 is 2.06 bits per heavy atom. The number of hydrogen-bond acceptors (Lipinski definition) is 3. The van der Waals surface area contributed by atoms with E-state index < -0.39 is 0 Å². The van der Waals surface area contributed by atoms with Crippen LogP contribution in [0.1, 0.15) is 40.0 Å². The lowest BCUT2D eigenvalue weighted by Crippen LogP contribution is -2.35. The first-order valence-electron chi connectivity index (χ1n) is 6.63. The van der Waals surface area contributed by atoms with Gasteiger partial charge in [-0.05, 0) is 46.7 Å². The number of carbonyl (C=O) groups excluding carboxylic acids is 1. The van der Waals surface area contributed by atoms with Crippen LogP contribution in [0.3, 0.4) is 0 Å². The van der Waals surface area contributed by atoms with Gasteiger partial charge in [0.05, 0.1) is 12.6 Å². The van der Waals surface area contributed by atoms with Gasteiger partial charge in [0.1, 0.15) is 0 Å². The molecule has 0 saturated heterocycles. The van der Waals surface area contributed by atoms with Gasteiger partial charge >= 0.3 is 0 Å². The number of likely N-dealkylation sites (N-methyl/N-ethyl adjacent to an activating group) is 1. The zero-order chi connectivity index (χ0) is 13.1. The third-order valence-electron chi connectivity index (χ3n) is 2.36. The number of carbonyl (C=O) groups is 1. The molecule has 102 valence electrons. The molecule has 4 heteroatoms. The Morgan fingerprint density at radius 3 is 2.65 bits per heavy atom. The molecule has 1 N–H and O–H groups in total. The lowest BCUT2D eigenvalue weighted by molar-refractivity contribution is -0.121. The Kier molecular flexibility index (Phi) is 10.2. The van der Waals surface area contributed by atoms with Crippen LogP contribution in [-0.4, -0.2) is 50.2 Å². The summed E-state index contributed by atoms with van der Waals surface area (Å²) in [5.74, 6) is 0.116. The van der Waals surface area contributed by atoms with Gasteiger partial charge in [-0.15, -0.1) is 0 Å². The third kappa shape index (κ3) is 11.6. The van der Waals surface area contributed by atoms with E-state index in [1.807, 2.05) is 25.8 Å². The fraction of sp³-hybridized carbons (Fsp3) is 0.923. The molecule has 0 atom stereocenters. The van der Waals surface area contributed by atoms with Crippen molar-refractivity contribution < 1.29 is 9.53 Å². The quantitative estimate of drug-likeness (QED) is 0.594. The van der Waals surface area contributed by atoms with Crippen molar-refractivity contribution in [2.24, 2.45) is 0 Å². The third-order valence-corrected chi connectivity index (χ3v) is 2.36. The largest absolute Gasteiger partial charge is 0.379 e. The summed E-state index contributed by atoms with van der Waals surface area (Å²) in [5.41, 5.74) is 0. The van der Waals surface area contributed by atoms with E-state index in [9.17, 15) is 4.79 Å². The molecular weight excluding hydrogens is 216 g/mol. The summed E-state index contributed by atoms with van der Waals surface area (Å²) in [6.45, 7) is 9.18. The topological polar surface area (TPSA) is 41.6 Å². The van der Waals surface area contributed by atoms with E-state index in [2.05, 4.69) is 12.2 Å². The molecule has 0 aliphatic heterocycles. The van der Waals surface area contributed by atoms with E-state index in [4.69, 9.17) is 4.74 Å². The number of amides is 1. The second kappa shape index (κ2) is 10.5. The Hall–Kier alpha value is -0.610. The number of nitrogens with one attached hydrogen (secondary N) is 1. The summed E-state index contributed by atoms with van der Waals surface area (Å²) >= 11 is 0. The van der Waals surface area contributed by atoms with Crippen molar-refractivity contribution in [3.8, 4) is 0 Å². The van der Waals surface area contributed by atoms with Crippen LogP contribution in [0.25, 0.3) is 0 Å². The summed E-state index contributed by atoms with van der Waals surface area (Å²) in [5, 5.41) is 2.92. The smallest absolute Gasteiger partial charge is 0.234 e. The highest BCUT2D eigenvalue weighted by Gasteiger charge is 2.04. The Balaban J connectivity index is 3.33. The van der Waals surface area contributed by atoms with E-state index in [0.717, 1.165) is 39.0 Å². The molecule has 17 heavy (non-hydrogen) atoms. The zero-order valence-electron chi connectivity index (χ0n) is 11.8. The highest BCUT2D eigenvalue weighted by Crippen LogP contribution is 1.93. The maximum Gasteiger partial charge on any atom is 0.234 e. The Morgan fingerprint density at radius 1 is 1.35 bits per heavy atom. The molecule has 0 aromatic heterocycles. The average molecular weight is 244 g/mol. The molecule has 0 aromatic carbocycles. The van der Waals surface area contributed by atoms with Crippen LogP contribution in [-0.2, 0) is 9.53 Å². The van der Waals surface area contributed by atoms with E-state index in [-0.39, 0.29) is 5.91 Å². The molecule has 0 unspecified atom stereocenters. The number of hydrogen-bond donors (Lipinski definition) is 1. The van der Waals surface area contributed by atoms with Gasteiger partial charge in [0, 0.05) is 13.2 Å². The van der Waals surface area contributed by atoms with Gasteiger partial charge in [0.25, 0.3) is 0 Å². The van der Waals surface area contributed by atoms with E-state index in [0.29, 0.717) is 12.6 Å². The molecule has 0 bridgehead atoms. The summed E-state index contributed by atoms with van der Waals surface area (Å²) in [4.78, 5) is 13.5. The molecule has 0 fully saturated rings. The molecular formula is C13H28N2O2. The SMILES string of the molecule is CCCN(C)CC(=O)NCCCCOC(C)C. The average Bonchev–Trinajstić information content (AvgIpc) is 2.23. The lowest BCUT2D eigenvalue weighted by atomic mass is 10.3. The van der Waals surface area contributed by atoms with Crippen molar-refractivity contribution in [3.63, 3.8) is 0 Å². The van der Waals surface area contributed by atoms with Crippen LogP contribution in [0.4, 0.5) is 0 Å². The minimum absolute atomic E-state index is 0.116. The van der Waals surface area contributed by atoms with Crippen molar-refractivity contribution in [1.82, 2.24) is 10.2 Å². The van der Waals surface area contributed by atoms with Gasteiger partial charge in [-0.25, -0.2) is 0 Å². The van der Waals surface area contributed by atoms with Crippen LogP contribution in [0.15, 0.2) is 0 Å². The molecule has 0 spiro atoms. The van der Waals surface area contributed by atoms with Crippen molar-refractivity contribution >= 4 is 5.91 Å². The van der Waals surface area contributed by atoms with Crippen molar-refractivity contribution in [1.29, 1.82) is 0 Å². The molecule has 1 amide bonds. The zero-order valence-corrected chi connectivity index (χ0v) is 11.8. The highest BCUT2D eigenvalue weighted by atomic mass is 16.5. The predicted molar refractivity (Wildman–Crippen MR) is 71.1 cm³/mol. The molecule has 0 rings (SSSR count). The first-order chi connectivity index (χ1) is 8.06. The predicted octanol–water partition coefficient (Wildman–Crippen LogP) is 1.65. The highest BCUT2D eigenvalue weighted by molar-refractivity contribution is 5.77. The van der Waals surface area contributed by atoms with E-state index in [1.54, 1.807) is 0 Å². The minimum atomic E-state index is 0.116. The Labute approximate surface area is 106 Å². The van der Waals surface area contributed by atoms with Gasteiger partial charge in [-0.3, -0.25) is 9.69 Å². The Bertz CT molecular complexity index is 196. The van der Waals surface area contributed by atoms with Crippen LogP contribution < -0.4 is 5.32 Å². The summed E-state index contributed by atoms with van der Waals surface area (Å²) < 4.78 is 5.42. The fourth-order valence-corrected chi connectivity index (χ4v) is 1.54. The molecule has 4 nitrogen and oxygen atoms in total. The lowest BCUT2D eigenvalue weighted by Gasteiger charge is -2.14. The monoisotopic (exact) mass is 244 g/mol. The first kappa shape index (κ1) is 16.4. The summed E-state index contributed by atoms with van der Waals surface area (Å²) in [6, 6.07) is 0. The van der Waals surface area contributed by atoms with Crippen molar-refractivity contribution in [3.05, 3.63) is 0 Å². The van der Waals surface area contributed by atoms with Crippen molar-refractivity contribution in [2.45, 2.75) is 46.1 Å². The normalized spacial score (nSPS) is 11.2. The molecule has 0 radical (unpaired) electrons. The number of rotatable bonds is 10. The number of ether oxygens (including phenoxy) is 1. The van der Waals surface area contributed by atoms with Crippen LogP contribution >= 0.6 is 0 Å². The molecule has 0 saturated carbocycles. The number of unbranched alkanes of at least 4 members (excludes halogenated alkanes) is 1. The van der Waals surface area contributed by atoms with Gasteiger partial charge < -0.3 is 10.1 Å². The van der Waals surface area contributed by atoms with E-state index in [1.165, 1.54) is 0 Å².